The van der Waals surface area contributed by atoms with Crippen molar-refractivity contribution < 1.29 is 9.90 Å². The van der Waals surface area contributed by atoms with Gasteiger partial charge in [0, 0.05) is 16.1 Å². The molecule has 1 aromatic heterocycles. The quantitative estimate of drug-likeness (QED) is 0.857. The third-order valence-corrected chi connectivity index (χ3v) is 2.64. The van der Waals surface area contributed by atoms with Crippen LogP contribution in [0.1, 0.15) is 10.5 Å². The predicted octanol–water partition coefficient (Wildman–Crippen LogP) is 2.68. The molecule has 0 aliphatic heterocycles. The molecule has 0 amide bonds. The van der Waals surface area contributed by atoms with Crippen LogP contribution >= 0.6 is 11.6 Å². The van der Waals surface area contributed by atoms with Crippen LogP contribution in [0.2, 0.25) is 5.02 Å². The lowest BCUT2D eigenvalue weighted by Gasteiger charge is -2.07. The third kappa shape index (κ3) is 2.21. The van der Waals surface area contributed by atoms with E-state index < -0.39 is 5.97 Å². The molecule has 17 heavy (non-hydrogen) atoms. The molecule has 2 aromatic rings. The van der Waals surface area contributed by atoms with Gasteiger partial charge >= 0.3 is 5.97 Å². The predicted molar refractivity (Wildman–Crippen MR) is 66.1 cm³/mol. The Bertz CT molecular complexity index is 584. The minimum Gasteiger partial charge on any atom is -0.477 e. The van der Waals surface area contributed by atoms with E-state index in [1.165, 1.54) is 6.07 Å². The van der Waals surface area contributed by atoms with E-state index in [9.17, 15) is 4.79 Å². The smallest absolute Gasteiger partial charge is 0.354 e. The molecule has 0 saturated carbocycles. The topological polar surface area (TPSA) is 76.2 Å². The Morgan fingerprint density at radius 1 is 1.18 bits per heavy atom. The Hall–Kier alpha value is -2.07. The van der Waals surface area contributed by atoms with Gasteiger partial charge in [-0.3, -0.25) is 0 Å². The molecule has 4 nitrogen and oxygen atoms in total. The van der Waals surface area contributed by atoms with Crippen LogP contribution in [0.15, 0.2) is 36.4 Å². The van der Waals surface area contributed by atoms with Gasteiger partial charge in [0.2, 0.25) is 0 Å². The van der Waals surface area contributed by atoms with Gasteiger partial charge in [-0.1, -0.05) is 29.8 Å². The van der Waals surface area contributed by atoms with Crippen molar-refractivity contribution in [3.05, 3.63) is 47.1 Å². The molecule has 0 fully saturated rings. The second kappa shape index (κ2) is 4.43. The Labute approximate surface area is 103 Å². The number of anilines is 1. The molecule has 0 unspecified atom stereocenters. The van der Waals surface area contributed by atoms with Gasteiger partial charge in [-0.2, -0.15) is 0 Å². The molecule has 0 aliphatic rings. The van der Waals surface area contributed by atoms with E-state index in [0.29, 0.717) is 10.6 Å². The minimum absolute atomic E-state index is 0.0849. The molecular formula is C12H9ClN2O2. The number of nitrogen functional groups attached to an aromatic ring is 1. The van der Waals surface area contributed by atoms with Crippen molar-refractivity contribution in [2.45, 2.75) is 0 Å². The number of pyridine rings is 1. The molecule has 0 aliphatic carbocycles. The summed E-state index contributed by atoms with van der Waals surface area (Å²) in [5.74, 6) is -0.958. The van der Waals surface area contributed by atoms with E-state index >= 15 is 0 Å². The number of carboxylic acids is 1. The first-order chi connectivity index (χ1) is 8.09. The van der Waals surface area contributed by atoms with Gasteiger partial charge in [0.25, 0.3) is 0 Å². The molecule has 5 heteroatoms. The van der Waals surface area contributed by atoms with Gasteiger partial charge in [-0.15, -0.1) is 0 Å². The number of carboxylic acid groups (broad SMARTS) is 1. The standard InChI is InChI=1S/C12H9ClN2O2/c13-9-4-2-1-3-7(9)8-5-6-10(12(16)17)15-11(8)14/h1-6H,(H2,14,15)(H,16,17). The number of hydrogen-bond donors (Lipinski definition) is 2. The van der Waals surface area contributed by atoms with E-state index in [4.69, 9.17) is 22.4 Å². The highest BCUT2D eigenvalue weighted by Gasteiger charge is 2.11. The lowest BCUT2D eigenvalue weighted by atomic mass is 10.1. The summed E-state index contributed by atoms with van der Waals surface area (Å²) in [6.07, 6.45) is 0. The van der Waals surface area contributed by atoms with Crippen LogP contribution in [0.4, 0.5) is 5.82 Å². The van der Waals surface area contributed by atoms with Crippen LogP contribution in [-0.4, -0.2) is 16.1 Å². The van der Waals surface area contributed by atoms with Crippen molar-refractivity contribution in [1.29, 1.82) is 0 Å². The summed E-state index contributed by atoms with van der Waals surface area (Å²) in [7, 11) is 0. The van der Waals surface area contributed by atoms with Crippen LogP contribution in [-0.2, 0) is 0 Å². The molecule has 0 spiro atoms. The first-order valence-electron chi connectivity index (χ1n) is 4.84. The van der Waals surface area contributed by atoms with Crippen molar-refractivity contribution in [1.82, 2.24) is 4.98 Å². The average molecular weight is 249 g/mol. The largest absolute Gasteiger partial charge is 0.477 e. The molecule has 0 bridgehead atoms. The maximum atomic E-state index is 10.7. The lowest BCUT2D eigenvalue weighted by Crippen LogP contribution is -2.04. The Balaban J connectivity index is 2.55. The zero-order valence-electron chi connectivity index (χ0n) is 8.72. The van der Waals surface area contributed by atoms with Crippen molar-refractivity contribution in [3.8, 4) is 11.1 Å². The minimum atomic E-state index is -1.11. The summed E-state index contributed by atoms with van der Waals surface area (Å²) < 4.78 is 0. The number of benzene rings is 1. The van der Waals surface area contributed by atoms with Gasteiger partial charge in [0.05, 0.1) is 0 Å². The fraction of sp³-hybridized carbons (Fsp3) is 0. The molecular weight excluding hydrogens is 240 g/mol. The number of hydrogen-bond acceptors (Lipinski definition) is 3. The molecule has 3 N–H and O–H groups in total. The van der Waals surface area contributed by atoms with Gasteiger partial charge in [0.1, 0.15) is 5.82 Å². The van der Waals surface area contributed by atoms with Gasteiger partial charge in [-0.05, 0) is 18.2 Å². The second-order valence-corrected chi connectivity index (χ2v) is 3.82. The van der Waals surface area contributed by atoms with Crippen molar-refractivity contribution >= 4 is 23.4 Å². The Morgan fingerprint density at radius 3 is 2.47 bits per heavy atom. The second-order valence-electron chi connectivity index (χ2n) is 3.41. The van der Waals surface area contributed by atoms with E-state index in [1.807, 2.05) is 6.07 Å². The Kier molecular flexibility index (Phi) is 2.97. The van der Waals surface area contributed by atoms with Crippen molar-refractivity contribution in [2.75, 3.05) is 5.73 Å². The van der Waals surface area contributed by atoms with Gasteiger partial charge < -0.3 is 10.8 Å². The fourth-order valence-electron chi connectivity index (χ4n) is 1.50. The van der Waals surface area contributed by atoms with E-state index in [2.05, 4.69) is 4.98 Å². The summed E-state index contributed by atoms with van der Waals surface area (Å²) in [4.78, 5) is 14.5. The summed E-state index contributed by atoms with van der Waals surface area (Å²) in [6, 6.07) is 10.2. The number of nitrogens with two attached hydrogens (primary N) is 1. The molecule has 0 saturated heterocycles. The molecule has 1 aromatic carbocycles. The molecule has 0 radical (unpaired) electrons. The van der Waals surface area contributed by atoms with Crippen molar-refractivity contribution in [3.63, 3.8) is 0 Å². The zero-order chi connectivity index (χ0) is 12.4. The number of carbonyl (C=O) groups is 1. The summed E-state index contributed by atoms with van der Waals surface area (Å²) in [5.41, 5.74) is 7.00. The normalized spacial score (nSPS) is 10.2. The highest BCUT2D eigenvalue weighted by atomic mass is 35.5. The van der Waals surface area contributed by atoms with Crippen LogP contribution in [0.3, 0.4) is 0 Å². The third-order valence-electron chi connectivity index (χ3n) is 2.31. The SMILES string of the molecule is Nc1nc(C(=O)O)ccc1-c1ccccc1Cl. The first kappa shape index (κ1) is 11.4. The van der Waals surface area contributed by atoms with Gasteiger partial charge in [0.15, 0.2) is 5.69 Å². The zero-order valence-corrected chi connectivity index (χ0v) is 9.48. The number of aromatic carboxylic acids is 1. The highest BCUT2D eigenvalue weighted by molar-refractivity contribution is 6.33. The number of nitrogens with zero attached hydrogens (tertiary/aromatic N) is 1. The van der Waals surface area contributed by atoms with Crippen LogP contribution in [0, 0.1) is 0 Å². The fourth-order valence-corrected chi connectivity index (χ4v) is 1.74. The van der Waals surface area contributed by atoms with Gasteiger partial charge in [-0.25, -0.2) is 9.78 Å². The highest BCUT2D eigenvalue weighted by Crippen LogP contribution is 2.30. The maximum absolute atomic E-state index is 10.7. The van der Waals surface area contributed by atoms with E-state index in [1.54, 1.807) is 24.3 Å². The summed E-state index contributed by atoms with van der Waals surface area (Å²) in [5, 5.41) is 9.33. The van der Waals surface area contributed by atoms with Crippen molar-refractivity contribution in [2.24, 2.45) is 0 Å². The summed E-state index contributed by atoms with van der Waals surface area (Å²) in [6.45, 7) is 0. The molecule has 0 atom stereocenters. The van der Waals surface area contributed by atoms with E-state index in [0.717, 1.165) is 5.56 Å². The molecule has 1 heterocycles. The van der Waals surface area contributed by atoms with E-state index in [-0.39, 0.29) is 11.5 Å². The van der Waals surface area contributed by atoms with Crippen LogP contribution in [0.5, 0.6) is 0 Å². The van der Waals surface area contributed by atoms with Crippen LogP contribution < -0.4 is 5.73 Å². The van der Waals surface area contributed by atoms with Crippen LogP contribution in [0.25, 0.3) is 11.1 Å². The number of rotatable bonds is 2. The first-order valence-corrected chi connectivity index (χ1v) is 5.22. The number of halogens is 1. The lowest BCUT2D eigenvalue weighted by molar-refractivity contribution is 0.0690. The molecule has 2 rings (SSSR count). The average Bonchev–Trinajstić information content (AvgIpc) is 2.30. The summed E-state index contributed by atoms with van der Waals surface area (Å²) >= 11 is 6.03. The number of aromatic nitrogens is 1. The maximum Gasteiger partial charge on any atom is 0.354 e. The Morgan fingerprint density at radius 2 is 1.88 bits per heavy atom. The monoisotopic (exact) mass is 248 g/mol. The molecule has 86 valence electrons.